The minimum atomic E-state index is -1.21. The fraction of sp³-hybridized carbons (Fsp3) is 0.690. The molecule has 0 N–H and O–H groups in total. The van der Waals surface area contributed by atoms with Crippen molar-refractivity contribution in [1.29, 1.82) is 0 Å². The molecule has 0 saturated heterocycles. The lowest BCUT2D eigenvalue weighted by Crippen LogP contribution is -2.30. The molecule has 36 heavy (non-hydrogen) atoms. The highest BCUT2D eigenvalue weighted by atomic mass is 16.7. The molecule has 0 heterocycles. The smallest absolute Gasteiger partial charge is 0.466 e. The summed E-state index contributed by atoms with van der Waals surface area (Å²) in [5, 5.41) is 0. The van der Waals surface area contributed by atoms with E-state index < -0.39 is 24.2 Å². The molecular weight excluding hydrogens is 460 g/mol. The number of hydrogen-bond acceptors (Lipinski definition) is 7. The maximum absolute atomic E-state index is 12.6. The molecule has 1 unspecified atom stereocenters. The fourth-order valence-electron chi connectivity index (χ4n) is 3.63. The maximum Gasteiger partial charge on any atom is 0.509 e. The number of rotatable bonds is 21. The normalized spacial score (nSPS) is 11.5. The van der Waals surface area contributed by atoms with Gasteiger partial charge in [-0.3, -0.25) is 4.79 Å². The zero-order chi connectivity index (χ0) is 26.3. The van der Waals surface area contributed by atoms with Crippen LogP contribution >= 0.6 is 0 Å². The van der Waals surface area contributed by atoms with E-state index in [2.05, 4.69) is 13.8 Å². The van der Waals surface area contributed by atoms with Crippen LogP contribution in [0.5, 0.6) is 0 Å². The zero-order valence-electron chi connectivity index (χ0n) is 22.3. The van der Waals surface area contributed by atoms with Gasteiger partial charge in [0.15, 0.2) is 0 Å². The third kappa shape index (κ3) is 17.0. The molecule has 0 aromatic heterocycles. The van der Waals surface area contributed by atoms with Gasteiger partial charge >= 0.3 is 18.1 Å². The van der Waals surface area contributed by atoms with Crippen LogP contribution in [0.1, 0.15) is 109 Å². The average Bonchev–Trinajstić information content (AvgIpc) is 2.89. The van der Waals surface area contributed by atoms with E-state index in [1.807, 2.05) is 30.3 Å². The lowest BCUT2D eigenvalue weighted by Gasteiger charge is -2.16. The number of benzene rings is 1. The summed E-state index contributed by atoms with van der Waals surface area (Å²) in [6, 6.07) is 9.18. The highest BCUT2D eigenvalue weighted by Gasteiger charge is 2.26. The van der Waals surface area contributed by atoms with Crippen LogP contribution in [0.2, 0.25) is 0 Å². The second-order valence-electron chi connectivity index (χ2n) is 9.09. The molecule has 1 atom stereocenters. The molecule has 1 aromatic rings. The molecule has 7 nitrogen and oxygen atoms in total. The van der Waals surface area contributed by atoms with Crippen LogP contribution in [0.25, 0.3) is 0 Å². The van der Waals surface area contributed by atoms with E-state index in [0.717, 1.165) is 44.1 Å². The van der Waals surface area contributed by atoms with Crippen molar-refractivity contribution < 1.29 is 33.3 Å². The van der Waals surface area contributed by atoms with Crippen LogP contribution in [0.3, 0.4) is 0 Å². The summed E-state index contributed by atoms with van der Waals surface area (Å²) in [4.78, 5) is 36.9. The van der Waals surface area contributed by atoms with E-state index in [-0.39, 0.29) is 26.1 Å². The largest absolute Gasteiger partial charge is 0.509 e. The highest BCUT2D eigenvalue weighted by molar-refractivity contribution is 5.78. The van der Waals surface area contributed by atoms with E-state index in [1.54, 1.807) is 0 Å². The Hall–Kier alpha value is -2.57. The zero-order valence-corrected chi connectivity index (χ0v) is 22.3. The molecule has 1 aromatic carbocycles. The van der Waals surface area contributed by atoms with Crippen molar-refractivity contribution in [3.05, 3.63) is 35.9 Å². The summed E-state index contributed by atoms with van der Waals surface area (Å²) in [6.07, 6.45) is 10.7. The van der Waals surface area contributed by atoms with Gasteiger partial charge in [0.1, 0.15) is 6.61 Å². The molecule has 0 fully saturated rings. The first-order chi connectivity index (χ1) is 17.6. The summed E-state index contributed by atoms with van der Waals surface area (Å²) < 4.78 is 21.0. The van der Waals surface area contributed by atoms with Gasteiger partial charge in [0.25, 0.3) is 0 Å². The average molecular weight is 507 g/mol. The SMILES string of the molecule is CCCCCCCCOC(=O)CCC(OC(=O)OCc1ccccc1)C(=O)OCCCCCCCC. The Morgan fingerprint density at radius 2 is 1.25 bits per heavy atom. The minimum Gasteiger partial charge on any atom is -0.466 e. The van der Waals surface area contributed by atoms with Crippen molar-refractivity contribution in [2.75, 3.05) is 13.2 Å². The second kappa shape index (κ2) is 21.7. The lowest BCUT2D eigenvalue weighted by molar-refractivity contribution is -0.156. The molecule has 1 rings (SSSR count). The number of carbonyl (C=O) groups excluding carboxylic acids is 3. The van der Waals surface area contributed by atoms with Gasteiger partial charge in [-0.2, -0.15) is 0 Å². The molecule has 0 amide bonds. The van der Waals surface area contributed by atoms with Gasteiger partial charge in [-0.05, 0) is 18.4 Å². The molecule has 7 heteroatoms. The predicted octanol–water partition coefficient (Wildman–Crippen LogP) is 7.30. The fourth-order valence-corrected chi connectivity index (χ4v) is 3.63. The second-order valence-corrected chi connectivity index (χ2v) is 9.09. The third-order valence-electron chi connectivity index (χ3n) is 5.81. The number of unbranched alkanes of at least 4 members (excludes halogenated alkanes) is 10. The van der Waals surface area contributed by atoms with E-state index in [0.29, 0.717) is 6.61 Å². The predicted molar refractivity (Wildman–Crippen MR) is 139 cm³/mol. The van der Waals surface area contributed by atoms with Crippen LogP contribution < -0.4 is 0 Å². The molecular formula is C29H46O7. The standard InChI is InChI=1S/C29H46O7/c1-3-5-7-9-11-16-22-33-27(30)21-20-26(28(31)34-23-17-12-10-8-6-4-2)36-29(32)35-24-25-18-14-13-15-19-25/h13-15,18-19,26H,3-12,16-17,20-24H2,1-2H3. The molecule has 0 radical (unpaired) electrons. The molecule has 0 aliphatic carbocycles. The molecule has 0 spiro atoms. The third-order valence-corrected chi connectivity index (χ3v) is 5.81. The number of carbonyl (C=O) groups is 3. The Morgan fingerprint density at radius 1 is 0.694 bits per heavy atom. The lowest BCUT2D eigenvalue weighted by atomic mass is 10.1. The Kier molecular flexibility index (Phi) is 19.0. The van der Waals surface area contributed by atoms with Gasteiger partial charge in [0, 0.05) is 12.8 Å². The Bertz CT molecular complexity index is 705. The van der Waals surface area contributed by atoms with Gasteiger partial charge in [0.05, 0.1) is 13.2 Å². The topological polar surface area (TPSA) is 88.1 Å². The number of hydrogen-bond donors (Lipinski definition) is 0. The van der Waals surface area contributed by atoms with Crippen LogP contribution in [0, 0.1) is 0 Å². The first-order valence-electron chi connectivity index (χ1n) is 13.8. The molecule has 0 aliphatic rings. The van der Waals surface area contributed by atoms with Crippen LogP contribution in [0.4, 0.5) is 4.79 Å². The molecule has 0 aliphatic heterocycles. The summed E-state index contributed by atoms with van der Waals surface area (Å²) >= 11 is 0. The van der Waals surface area contributed by atoms with Gasteiger partial charge in [-0.25, -0.2) is 9.59 Å². The molecule has 204 valence electrons. The van der Waals surface area contributed by atoms with Crippen molar-refractivity contribution in [2.24, 2.45) is 0 Å². The summed E-state index contributed by atoms with van der Waals surface area (Å²) in [7, 11) is 0. The van der Waals surface area contributed by atoms with E-state index in [1.165, 1.54) is 38.5 Å². The first-order valence-corrected chi connectivity index (χ1v) is 13.8. The Morgan fingerprint density at radius 3 is 1.86 bits per heavy atom. The Balaban J connectivity index is 2.43. The van der Waals surface area contributed by atoms with Crippen LogP contribution in [-0.2, 0) is 35.1 Å². The van der Waals surface area contributed by atoms with E-state index >= 15 is 0 Å². The molecule has 0 bridgehead atoms. The van der Waals surface area contributed by atoms with Gasteiger partial charge in [-0.15, -0.1) is 0 Å². The van der Waals surface area contributed by atoms with E-state index in [9.17, 15) is 14.4 Å². The van der Waals surface area contributed by atoms with Gasteiger partial charge in [0.2, 0.25) is 6.10 Å². The van der Waals surface area contributed by atoms with Crippen molar-refractivity contribution in [3.63, 3.8) is 0 Å². The monoisotopic (exact) mass is 506 g/mol. The summed E-state index contributed by atoms with van der Waals surface area (Å²) in [5.41, 5.74) is 0.801. The number of esters is 2. The van der Waals surface area contributed by atoms with Gasteiger partial charge in [-0.1, -0.05) is 108 Å². The van der Waals surface area contributed by atoms with Crippen LogP contribution in [0.15, 0.2) is 30.3 Å². The minimum absolute atomic E-state index is 0.00883. The summed E-state index contributed by atoms with van der Waals surface area (Å²) in [6.45, 7) is 4.98. The summed E-state index contributed by atoms with van der Waals surface area (Å²) in [5.74, 6) is -1.08. The number of ether oxygens (including phenoxy) is 4. The van der Waals surface area contributed by atoms with Crippen molar-refractivity contribution in [2.45, 2.75) is 116 Å². The van der Waals surface area contributed by atoms with Crippen molar-refractivity contribution in [3.8, 4) is 0 Å². The van der Waals surface area contributed by atoms with E-state index in [4.69, 9.17) is 18.9 Å². The first kappa shape index (κ1) is 31.5. The van der Waals surface area contributed by atoms with Gasteiger partial charge < -0.3 is 18.9 Å². The molecule has 0 saturated carbocycles. The van der Waals surface area contributed by atoms with Crippen LogP contribution in [-0.4, -0.2) is 37.4 Å². The maximum atomic E-state index is 12.6. The van der Waals surface area contributed by atoms with Crippen molar-refractivity contribution >= 4 is 18.1 Å². The van der Waals surface area contributed by atoms with Crippen molar-refractivity contribution in [1.82, 2.24) is 0 Å². The highest BCUT2D eigenvalue weighted by Crippen LogP contribution is 2.12. The quantitative estimate of drug-likeness (QED) is 0.0982. The Labute approximate surface area is 217 Å².